The molecule has 2 N–H and O–H groups in total. The summed E-state index contributed by atoms with van der Waals surface area (Å²) in [6.07, 6.45) is 0. The van der Waals surface area contributed by atoms with E-state index in [0.29, 0.717) is 6.54 Å². The van der Waals surface area contributed by atoms with E-state index in [9.17, 15) is 0 Å². The molecule has 0 aromatic heterocycles. The summed E-state index contributed by atoms with van der Waals surface area (Å²) in [6, 6.07) is 2.01. The minimum Gasteiger partial charge on any atom is -0.496 e. The monoisotopic (exact) mass is 266 g/mol. The summed E-state index contributed by atoms with van der Waals surface area (Å²) in [4.78, 5) is 2.14. The van der Waals surface area contributed by atoms with Crippen LogP contribution in [0.5, 0.6) is 11.5 Å². The Morgan fingerprint density at radius 2 is 1.74 bits per heavy atom. The van der Waals surface area contributed by atoms with E-state index in [2.05, 4.69) is 18.7 Å². The Kier molecular flexibility index (Phi) is 4.69. The van der Waals surface area contributed by atoms with Gasteiger partial charge in [-0.05, 0) is 38.8 Å². The van der Waals surface area contributed by atoms with Crippen LogP contribution >= 0.6 is 0 Å². The maximum Gasteiger partial charge on any atom is 0.145 e. The molecule has 108 valence electrons. The van der Waals surface area contributed by atoms with E-state index in [4.69, 9.17) is 15.2 Å². The van der Waals surface area contributed by atoms with E-state index in [1.807, 2.05) is 27.0 Å². The average molecular weight is 266 g/mol. The first-order valence-corrected chi connectivity index (χ1v) is 6.46. The second-order valence-electron chi connectivity index (χ2n) is 5.46. The Morgan fingerprint density at radius 3 is 2.16 bits per heavy atom. The van der Waals surface area contributed by atoms with Crippen molar-refractivity contribution in [3.63, 3.8) is 0 Å². The van der Waals surface area contributed by atoms with Gasteiger partial charge in [0.2, 0.25) is 0 Å². The molecular formula is C15H26N2O2. The molecule has 0 atom stereocenters. The van der Waals surface area contributed by atoms with Gasteiger partial charge in [0.15, 0.2) is 0 Å². The lowest BCUT2D eigenvalue weighted by Crippen LogP contribution is -2.47. The molecule has 0 radical (unpaired) electrons. The third-order valence-corrected chi connectivity index (χ3v) is 3.97. The molecule has 1 aromatic carbocycles. The van der Waals surface area contributed by atoms with Gasteiger partial charge >= 0.3 is 0 Å². The maximum absolute atomic E-state index is 5.86. The Balaban J connectivity index is 3.46. The Hall–Kier alpha value is -1.42. The predicted molar refractivity (Wildman–Crippen MR) is 80.6 cm³/mol. The van der Waals surface area contributed by atoms with Crippen LogP contribution < -0.4 is 20.1 Å². The molecule has 0 fully saturated rings. The van der Waals surface area contributed by atoms with Crippen LogP contribution in [-0.4, -0.2) is 33.4 Å². The van der Waals surface area contributed by atoms with Gasteiger partial charge in [0, 0.05) is 25.2 Å². The van der Waals surface area contributed by atoms with Crippen LogP contribution in [0.2, 0.25) is 0 Å². The van der Waals surface area contributed by atoms with Crippen molar-refractivity contribution in [3.8, 4) is 11.5 Å². The summed E-state index contributed by atoms with van der Waals surface area (Å²) >= 11 is 0. The molecule has 0 spiro atoms. The van der Waals surface area contributed by atoms with Crippen LogP contribution in [-0.2, 0) is 0 Å². The fraction of sp³-hybridized carbons (Fsp3) is 0.600. The molecule has 0 saturated carbocycles. The number of benzene rings is 1. The lowest BCUT2D eigenvalue weighted by molar-refractivity contribution is 0.393. The van der Waals surface area contributed by atoms with Gasteiger partial charge in [-0.3, -0.25) is 0 Å². The number of nitrogens with zero attached hydrogens (tertiary/aromatic N) is 1. The SMILES string of the molecule is COc1cc(N(C)C(C)(C)CN)c(OC)c(C)c1C. The first kappa shape index (κ1) is 15.6. The topological polar surface area (TPSA) is 47.7 Å². The second kappa shape index (κ2) is 5.70. The van der Waals surface area contributed by atoms with Gasteiger partial charge in [0.25, 0.3) is 0 Å². The standard InChI is InChI=1S/C15H26N2O2/c1-10-11(2)14(19-7)12(8-13(10)18-6)17(5)15(3,4)9-16/h8H,9,16H2,1-7H3. The molecule has 4 nitrogen and oxygen atoms in total. The summed E-state index contributed by atoms with van der Waals surface area (Å²) in [5.41, 5.74) is 8.90. The molecule has 19 heavy (non-hydrogen) atoms. The molecule has 0 bridgehead atoms. The van der Waals surface area contributed by atoms with Gasteiger partial charge in [-0.1, -0.05) is 0 Å². The van der Waals surface area contributed by atoms with E-state index in [0.717, 1.165) is 28.3 Å². The lowest BCUT2D eigenvalue weighted by Gasteiger charge is -2.38. The molecule has 0 amide bonds. The fourth-order valence-corrected chi connectivity index (χ4v) is 2.03. The second-order valence-corrected chi connectivity index (χ2v) is 5.46. The van der Waals surface area contributed by atoms with Gasteiger partial charge in [0.1, 0.15) is 11.5 Å². The number of nitrogens with two attached hydrogens (primary N) is 1. The first-order valence-electron chi connectivity index (χ1n) is 6.46. The summed E-state index contributed by atoms with van der Waals surface area (Å²) < 4.78 is 11.0. The minimum absolute atomic E-state index is 0.153. The summed E-state index contributed by atoms with van der Waals surface area (Å²) in [6.45, 7) is 8.85. The summed E-state index contributed by atoms with van der Waals surface area (Å²) in [5.74, 6) is 1.75. The molecule has 0 saturated heterocycles. The highest BCUT2D eigenvalue weighted by Crippen LogP contribution is 2.40. The highest BCUT2D eigenvalue weighted by molar-refractivity contribution is 5.68. The van der Waals surface area contributed by atoms with Crippen molar-refractivity contribution in [2.45, 2.75) is 33.2 Å². The zero-order valence-electron chi connectivity index (χ0n) is 13.1. The quantitative estimate of drug-likeness (QED) is 0.889. The molecule has 4 heteroatoms. The maximum atomic E-state index is 5.86. The molecule has 0 heterocycles. The van der Waals surface area contributed by atoms with Crippen LogP contribution in [0.4, 0.5) is 5.69 Å². The van der Waals surface area contributed by atoms with Crippen molar-refractivity contribution in [3.05, 3.63) is 17.2 Å². The van der Waals surface area contributed by atoms with Gasteiger partial charge < -0.3 is 20.1 Å². The number of anilines is 1. The van der Waals surface area contributed by atoms with Crippen LogP contribution in [0.25, 0.3) is 0 Å². The van der Waals surface area contributed by atoms with Gasteiger partial charge in [-0.15, -0.1) is 0 Å². The normalized spacial score (nSPS) is 11.4. The van der Waals surface area contributed by atoms with E-state index in [-0.39, 0.29) is 5.54 Å². The van der Waals surface area contributed by atoms with Crippen molar-refractivity contribution in [2.24, 2.45) is 5.73 Å². The Morgan fingerprint density at radius 1 is 1.16 bits per heavy atom. The molecule has 1 aromatic rings. The number of ether oxygens (including phenoxy) is 2. The molecular weight excluding hydrogens is 240 g/mol. The smallest absolute Gasteiger partial charge is 0.145 e. The van der Waals surface area contributed by atoms with E-state index in [1.54, 1.807) is 14.2 Å². The van der Waals surface area contributed by atoms with Crippen LogP contribution in [0.3, 0.4) is 0 Å². The van der Waals surface area contributed by atoms with Crippen LogP contribution in [0.15, 0.2) is 6.07 Å². The first-order chi connectivity index (χ1) is 8.80. The van der Waals surface area contributed by atoms with Gasteiger partial charge in [-0.25, -0.2) is 0 Å². The average Bonchev–Trinajstić information content (AvgIpc) is 2.40. The molecule has 0 aliphatic carbocycles. The van der Waals surface area contributed by atoms with Gasteiger partial charge in [0.05, 0.1) is 19.9 Å². The Bertz CT molecular complexity index is 456. The summed E-state index contributed by atoms with van der Waals surface area (Å²) in [7, 11) is 5.41. The highest BCUT2D eigenvalue weighted by Gasteiger charge is 2.26. The molecule has 0 unspecified atom stereocenters. The van der Waals surface area contributed by atoms with Gasteiger partial charge in [-0.2, -0.15) is 0 Å². The molecule has 0 aliphatic heterocycles. The van der Waals surface area contributed by atoms with Crippen molar-refractivity contribution >= 4 is 5.69 Å². The molecule has 0 aliphatic rings. The number of hydrogen-bond acceptors (Lipinski definition) is 4. The van der Waals surface area contributed by atoms with Crippen LogP contribution in [0.1, 0.15) is 25.0 Å². The van der Waals surface area contributed by atoms with E-state index >= 15 is 0 Å². The fourth-order valence-electron chi connectivity index (χ4n) is 2.03. The largest absolute Gasteiger partial charge is 0.496 e. The number of hydrogen-bond donors (Lipinski definition) is 1. The van der Waals surface area contributed by atoms with Crippen molar-refractivity contribution < 1.29 is 9.47 Å². The predicted octanol–water partition coefficient (Wildman–Crippen LogP) is 2.49. The van der Waals surface area contributed by atoms with E-state index < -0.39 is 0 Å². The summed E-state index contributed by atoms with van der Waals surface area (Å²) in [5, 5.41) is 0. The lowest BCUT2D eigenvalue weighted by atomic mass is 10.00. The van der Waals surface area contributed by atoms with E-state index in [1.165, 1.54) is 0 Å². The number of rotatable bonds is 5. The highest BCUT2D eigenvalue weighted by atomic mass is 16.5. The molecule has 1 rings (SSSR count). The van der Waals surface area contributed by atoms with Crippen LogP contribution in [0, 0.1) is 13.8 Å². The third kappa shape index (κ3) is 2.78. The third-order valence-electron chi connectivity index (χ3n) is 3.97. The zero-order chi connectivity index (χ0) is 14.8. The Labute approximate surface area is 116 Å². The minimum atomic E-state index is -0.153. The number of likely N-dealkylation sites (N-methyl/N-ethyl adjacent to an activating group) is 1. The zero-order valence-corrected chi connectivity index (χ0v) is 13.1. The van der Waals surface area contributed by atoms with Crippen molar-refractivity contribution in [1.29, 1.82) is 0 Å². The van der Waals surface area contributed by atoms with Crippen molar-refractivity contribution in [2.75, 3.05) is 32.7 Å². The number of methoxy groups -OCH3 is 2. The van der Waals surface area contributed by atoms with Crippen molar-refractivity contribution in [1.82, 2.24) is 0 Å².